The lowest BCUT2D eigenvalue weighted by Gasteiger charge is -2.14. The van der Waals surface area contributed by atoms with Gasteiger partial charge in [-0.3, -0.25) is 4.90 Å². The molecule has 0 bridgehead atoms. The van der Waals surface area contributed by atoms with Crippen molar-refractivity contribution in [2.75, 3.05) is 20.2 Å². The van der Waals surface area contributed by atoms with Gasteiger partial charge in [0.05, 0.1) is 6.61 Å². The van der Waals surface area contributed by atoms with Crippen molar-refractivity contribution in [1.82, 2.24) is 4.90 Å². The molecule has 0 aliphatic carbocycles. The van der Waals surface area contributed by atoms with Gasteiger partial charge in [0.2, 0.25) is 0 Å². The Labute approximate surface area is 77.6 Å². The van der Waals surface area contributed by atoms with Crippen LogP contribution in [0.5, 0.6) is 0 Å². The highest BCUT2D eigenvalue weighted by Crippen LogP contribution is 2.05. The third-order valence-corrected chi connectivity index (χ3v) is 1.82. The highest BCUT2D eigenvalue weighted by Gasteiger charge is 1.99. The fourth-order valence-corrected chi connectivity index (χ4v) is 1.20. The molecule has 0 aromatic heterocycles. The molecule has 13 heavy (non-hydrogen) atoms. The van der Waals surface area contributed by atoms with Gasteiger partial charge >= 0.3 is 0 Å². The molecule has 72 valence electrons. The van der Waals surface area contributed by atoms with Crippen LogP contribution < -0.4 is 0 Å². The van der Waals surface area contributed by atoms with Crippen LogP contribution in [0.25, 0.3) is 0 Å². The largest absolute Gasteiger partial charge is 0.395 e. The molecule has 0 aliphatic heterocycles. The Morgan fingerprint density at radius 1 is 1.46 bits per heavy atom. The van der Waals surface area contributed by atoms with Gasteiger partial charge in [0, 0.05) is 13.1 Å². The summed E-state index contributed by atoms with van der Waals surface area (Å²) in [7, 11) is 1.89. The number of aliphatic hydroxyl groups is 1. The van der Waals surface area contributed by atoms with Crippen LogP contribution in [-0.2, 0) is 6.54 Å². The molecular weight excluding hydrogens is 169 g/mol. The van der Waals surface area contributed by atoms with E-state index in [9.17, 15) is 4.39 Å². The number of rotatable bonds is 4. The fraction of sp³-hybridized carbons (Fsp3) is 0.400. The maximum Gasteiger partial charge on any atom is 0.123 e. The summed E-state index contributed by atoms with van der Waals surface area (Å²) < 4.78 is 12.7. The lowest BCUT2D eigenvalue weighted by atomic mass is 10.2. The van der Waals surface area contributed by atoms with Crippen LogP contribution in [0.3, 0.4) is 0 Å². The van der Waals surface area contributed by atoms with Crippen LogP contribution >= 0.6 is 0 Å². The van der Waals surface area contributed by atoms with Gasteiger partial charge in [-0.05, 0) is 24.7 Å². The summed E-state index contributed by atoms with van der Waals surface area (Å²) in [5.41, 5.74) is 0.927. The summed E-state index contributed by atoms with van der Waals surface area (Å²) in [6.45, 7) is 1.40. The van der Waals surface area contributed by atoms with Gasteiger partial charge in [0.25, 0.3) is 0 Å². The van der Waals surface area contributed by atoms with Gasteiger partial charge in [-0.2, -0.15) is 0 Å². The van der Waals surface area contributed by atoms with Crippen LogP contribution in [0.15, 0.2) is 24.3 Å². The molecular formula is C10H14FNO. The molecule has 1 aromatic rings. The Bertz CT molecular complexity index is 265. The first-order chi connectivity index (χ1) is 6.22. The zero-order valence-electron chi connectivity index (χ0n) is 7.70. The highest BCUT2D eigenvalue weighted by atomic mass is 19.1. The van der Waals surface area contributed by atoms with Crippen molar-refractivity contribution in [3.63, 3.8) is 0 Å². The quantitative estimate of drug-likeness (QED) is 0.759. The first-order valence-electron chi connectivity index (χ1n) is 4.26. The average Bonchev–Trinajstić information content (AvgIpc) is 2.04. The maximum absolute atomic E-state index is 12.7. The molecule has 1 aromatic carbocycles. The molecule has 2 nitrogen and oxygen atoms in total. The molecule has 1 rings (SSSR count). The highest BCUT2D eigenvalue weighted by molar-refractivity contribution is 5.15. The SMILES string of the molecule is CN(CCO)Cc1cccc(F)c1. The van der Waals surface area contributed by atoms with Crippen LogP contribution in [-0.4, -0.2) is 30.2 Å². The molecule has 0 spiro atoms. The van der Waals surface area contributed by atoms with Gasteiger partial charge in [0.1, 0.15) is 5.82 Å². The number of aliphatic hydroxyl groups excluding tert-OH is 1. The molecule has 0 heterocycles. The first kappa shape index (κ1) is 10.2. The molecule has 0 saturated heterocycles. The Kier molecular flexibility index (Phi) is 3.86. The summed E-state index contributed by atoms with van der Waals surface area (Å²) >= 11 is 0. The average molecular weight is 183 g/mol. The van der Waals surface area contributed by atoms with Crippen LogP contribution in [0.1, 0.15) is 5.56 Å². The van der Waals surface area contributed by atoms with Crippen molar-refractivity contribution in [2.24, 2.45) is 0 Å². The van der Waals surface area contributed by atoms with Gasteiger partial charge in [0.15, 0.2) is 0 Å². The molecule has 0 fully saturated rings. The van der Waals surface area contributed by atoms with E-state index in [0.29, 0.717) is 13.1 Å². The fourth-order valence-electron chi connectivity index (χ4n) is 1.20. The normalized spacial score (nSPS) is 10.8. The van der Waals surface area contributed by atoms with E-state index in [1.165, 1.54) is 12.1 Å². The smallest absolute Gasteiger partial charge is 0.123 e. The second-order valence-corrected chi connectivity index (χ2v) is 3.09. The van der Waals surface area contributed by atoms with Crippen LogP contribution in [0.4, 0.5) is 4.39 Å². The van der Waals surface area contributed by atoms with E-state index in [4.69, 9.17) is 5.11 Å². The van der Waals surface area contributed by atoms with E-state index in [2.05, 4.69) is 0 Å². The first-order valence-corrected chi connectivity index (χ1v) is 4.26. The van der Waals surface area contributed by atoms with Crippen molar-refractivity contribution in [1.29, 1.82) is 0 Å². The third kappa shape index (κ3) is 3.53. The van der Waals surface area contributed by atoms with E-state index >= 15 is 0 Å². The lowest BCUT2D eigenvalue weighted by molar-refractivity contribution is 0.217. The second-order valence-electron chi connectivity index (χ2n) is 3.09. The minimum atomic E-state index is -0.213. The number of hydrogen-bond donors (Lipinski definition) is 1. The molecule has 0 amide bonds. The summed E-state index contributed by atoms with van der Waals surface area (Å²) in [6.07, 6.45) is 0. The van der Waals surface area contributed by atoms with Gasteiger partial charge in [-0.1, -0.05) is 12.1 Å². The topological polar surface area (TPSA) is 23.5 Å². The van der Waals surface area contributed by atoms with Crippen molar-refractivity contribution in [2.45, 2.75) is 6.54 Å². The van der Waals surface area contributed by atoms with Gasteiger partial charge in [-0.25, -0.2) is 4.39 Å². The summed E-state index contributed by atoms with van der Waals surface area (Å²) in [4.78, 5) is 1.94. The molecule has 0 atom stereocenters. The molecule has 0 unspecified atom stereocenters. The number of nitrogens with zero attached hydrogens (tertiary/aromatic N) is 1. The third-order valence-electron chi connectivity index (χ3n) is 1.82. The summed E-state index contributed by atoms with van der Waals surface area (Å²) in [5, 5.41) is 8.65. The lowest BCUT2D eigenvalue weighted by Crippen LogP contribution is -2.21. The second kappa shape index (κ2) is 4.94. The van der Waals surface area contributed by atoms with Crippen molar-refractivity contribution in [3.8, 4) is 0 Å². The minimum absolute atomic E-state index is 0.131. The maximum atomic E-state index is 12.7. The van der Waals surface area contributed by atoms with E-state index in [1.807, 2.05) is 18.0 Å². The van der Waals surface area contributed by atoms with E-state index in [0.717, 1.165) is 5.56 Å². The molecule has 1 N–H and O–H groups in total. The molecule has 0 saturated carbocycles. The Morgan fingerprint density at radius 2 is 2.23 bits per heavy atom. The molecule has 0 aliphatic rings. The number of hydrogen-bond acceptors (Lipinski definition) is 2. The standard InChI is InChI=1S/C10H14FNO/c1-12(5-6-13)8-9-3-2-4-10(11)7-9/h2-4,7,13H,5-6,8H2,1H3. The van der Waals surface area contributed by atoms with Gasteiger partial charge in [-0.15, -0.1) is 0 Å². The minimum Gasteiger partial charge on any atom is -0.395 e. The number of likely N-dealkylation sites (N-methyl/N-ethyl adjacent to an activating group) is 1. The van der Waals surface area contributed by atoms with Crippen molar-refractivity contribution >= 4 is 0 Å². The van der Waals surface area contributed by atoms with E-state index < -0.39 is 0 Å². The number of halogens is 1. The van der Waals surface area contributed by atoms with Gasteiger partial charge < -0.3 is 5.11 Å². The molecule has 0 radical (unpaired) electrons. The summed E-state index contributed by atoms with van der Waals surface area (Å²) in [6, 6.07) is 6.50. The Hall–Kier alpha value is -0.930. The van der Waals surface area contributed by atoms with Crippen LogP contribution in [0, 0.1) is 5.82 Å². The predicted molar refractivity (Wildman–Crippen MR) is 49.8 cm³/mol. The summed E-state index contributed by atoms with van der Waals surface area (Å²) in [5.74, 6) is -0.213. The van der Waals surface area contributed by atoms with Crippen LogP contribution in [0.2, 0.25) is 0 Å². The predicted octanol–water partition coefficient (Wildman–Crippen LogP) is 1.25. The Balaban J connectivity index is 2.53. The Morgan fingerprint density at radius 3 is 2.85 bits per heavy atom. The monoisotopic (exact) mass is 183 g/mol. The van der Waals surface area contributed by atoms with E-state index in [-0.39, 0.29) is 12.4 Å². The molecule has 3 heteroatoms. The zero-order valence-corrected chi connectivity index (χ0v) is 7.70. The van der Waals surface area contributed by atoms with E-state index in [1.54, 1.807) is 6.07 Å². The van der Waals surface area contributed by atoms with Crippen molar-refractivity contribution in [3.05, 3.63) is 35.6 Å². The van der Waals surface area contributed by atoms with Crippen molar-refractivity contribution < 1.29 is 9.50 Å². The zero-order chi connectivity index (χ0) is 9.68. The number of benzene rings is 1.